The van der Waals surface area contributed by atoms with Gasteiger partial charge in [-0.3, -0.25) is 8.74 Å². The predicted molar refractivity (Wildman–Crippen MR) is 34.0 cm³/mol. The van der Waals surface area contributed by atoms with Gasteiger partial charge in [-0.15, -0.1) is 0 Å². The van der Waals surface area contributed by atoms with E-state index in [1.165, 1.54) is 0 Å². The zero-order valence-corrected chi connectivity index (χ0v) is 6.10. The van der Waals surface area contributed by atoms with E-state index in [0.717, 1.165) is 7.11 Å². The summed E-state index contributed by atoms with van der Waals surface area (Å²) in [5.41, 5.74) is 0. The van der Waals surface area contributed by atoms with Crippen LogP contribution in [0.5, 0.6) is 0 Å². The smallest absolute Gasteiger partial charge is 0.344 e. The van der Waals surface area contributed by atoms with Crippen LogP contribution in [0.4, 0.5) is 0 Å². The van der Waals surface area contributed by atoms with Crippen molar-refractivity contribution in [2.75, 3.05) is 7.11 Å². The van der Waals surface area contributed by atoms with Crippen molar-refractivity contribution in [1.82, 2.24) is 6.15 Å². The van der Waals surface area contributed by atoms with Gasteiger partial charge in [0.05, 0.1) is 7.11 Å². The Kier molecular flexibility index (Phi) is 10.4. The van der Waals surface area contributed by atoms with Crippen LogP contribution >= 0.6 is 13.5 Å². The standard InChI is InChI=1S/CH4O4S.H3N.H2S/c1-5-6(2,3)4;;/h1H3,(H,2,3,4);1H3;1H2. The lowest BCUT2D eigenvalue weighted by Gasteiger charge is -1.82. The Bertz CT molecular complexity index is 116. The molecule has 0 heterocycles. The van der Waals surface area contributed by atoms with Crippen molar-refractivity contribution in [2.45, 2.75) is 0 Å². The van der Waals surface area contributed by atoms with Crippen LogP contribution in [-0.4, -0.2) is 20.1 Å². The van der Waals surface area contributed by atoms with Crippen molar-refractivity contribution < 1.29 is 17.2 Å². The minimum atomic E-state index is -4.16. The maximum atomic E-state index is 9.33. The van der Waals surface area contributed by atoms with E-state index < -0.39 is 10.4 Å². The average molecular weight is 163 g/mol. The van der Waals surface area contributed by atoms with Gasteiger partial charge in [0.1, 0.15) is 0 Å². The Morgan fingerprint density at radius 3 is 1.62 bits per heavy atom. The summed E-state index contributed by atoms with van der Waals surface area (Å²) in [7, 11) is -3.29. The zero-order valence-electron chi connectivity index (χ0n) is 4.29. The molecule has 0 radical (unpaired) electrons. The first-order valence-electron chi connectivity index (χ1n) is 1.09. The second-order valence-corrected chi connectivity index (χ2v) is 1.78. The van der Waals surface area contributed by atoms with Gasteiger partial charge < -0.3 is 6.15 Å². The van der Waals surface area contributed by atoms with Crippen molar-refractivity contribution in [2.24, 2.45) is 0 Å². The molecule has 0 rings (SSSR count). The summed E-state index contributed by atoms with van der Waals surface area (Å²) < 4.78 is 29.7. The van der Waals surface area contributed by atoms with Crippen molar-refractivity contribution in [1.29, 1.82) is 0 Å². The average Bonchev–Trinajstić information content (AvgIpc) is 1.35. The summed E-state index contributed by atoms with van der Waals surface area (Å²) in [6.07, 6.45) is 0. The fourth-order valence-electron chi connectivity index (χ4n) is 0. The maximum absolute atomic E-state index is 9.33. The highest BCUT2D eigenvalue weighted by atomic mass is 32.3. The van der Waals surface area contributed by atoms with Gasteiger partial charge >= 0.3 is 10.4 Å². The molecule has 7 heteroatoms. The summed E-state index contributed by atoms with van der Waals surface area (Å²) in [6, 6.07) is 0. The van der Waals surface area contributed by atoms with Crippen molar-refractivity contribution in [3.05, 3.63) is 0 Å². The molecule has 0 atom stereocenters. The van der Waals surface area contributed by atoms with Crippen molar-refractivity contribution in [3.63, 3.8) is 0 Å². The molecule has 0 spiro atoms. The quantitative estimate of drug-likeness (QED) is 0.517. The van der Waals surface area contributed by atoms with Gasteiger partial charge in [-0.05, 0) is 0 Å². The summed E-state index contributed by atoms with van der Waals surface area (Å²) >= 11 is 0. The summed E-state index contributed by atoms with van der Waals surface area (Å²) in [5.74, 6) is 0. The topological polar surface area (TPSA) is 98.6 Å². The van der Waals surface area contributed by atoms with Crippen molar-refractivity contribution >= 4 is 23.9 Å². The molecule has 0 amide bonds. The normalized spacial score (nSPS) is 8.75. The second-order valence-electron chi connectivity index (χ2n) is 0.594. The molecule has 8 heavy (non-hydrogen) atoms. The molecule has 0 aromatic heterocycles. The Labute approximate surface area is 55.0 Å². The number of hydrogen-bond donors (Lipinski definition) is 2. The van der Waals surface area contributed by atoms with Crippen LogP contribution in [-0.2, 0) is 14.6 Å². The lowest BCUT2D eigenvalue weighted by molar-refractivity contribution is 0.324. The highest BCUT2D eigenvalue weighted by molar-refractivity contribution is 7.80. The van der Waals surface area contributed by atoms with Crippen LogP contribution in [0.15, 0.2) is 0 Å². The molecule has 54 valence electrons. The van der Waals surface area contributed by atoms with Gasteiger partial charge in [-0.25, -0.2) is 0 Å². The first kappa shape index (κ1) is 15.7. The summed E-state index contributed by atoms with van der Waals surface area (Å²) in [6.45, 7) is 0. The second kappa shape index (κ2) is 5.32. The Morgan fingerprint density at radius 2 is 1.62 bits per heavy atom. The van der Waals surface area contributed by atoms with Gasteiger partial charge in [0.25, 0.3) is 0 Å². The third-order valence-corrected chi connectivity index (χ3v) is 0.632. The molecule has 0 unspecified atom stereocenters. The predicted octanol–water partition coefficient (Wildman–Crippen LogP) is -0.290. The SMILES string of the molecule is COS(=O)(=O)O.N.S. The van der Waals surface area contributed by atoms with E-state index in [2.05, 4.69) is 4.18 Å². The fourth-order valence-corrected chi connectivity index (χ4v) is 0. The van der Waals surface area contributed by atoms with Gasteiger partial charge in [-0.2, -0.15) is 21.9 Å². The van der Waals surface area contributed by atoms with Crippen molar-refractivity contribution in [3.8, 4) is 0 Å². The van der Waals surface area contributed by atoms with Crippen LogP contribution in [0.2, 0.25) is 0 Å². The molecular weight excluding hydrogens is 154 g/mol. The lowest BCUT2D eigenvalue weighted by Crippen LogP contribution is -1.96. The third kappa shape index (κ3) is 16.4. The Morgan fingerprint density at radius 1 is 1.50 bits per heavy atom. The molecule has 0 aromatic rings. The van der Waals surface area contributed by atoms with Crippen LogP contribution in [0, 0.1) is 0 Å². The summed E-state index contributed by atoms with van der Waals surface area (Å²) in [4.78, 5) is 0. The van der Waals surface area contributed by atoms with E-state index in [1.807, 2.05) is 0 Å². The summed E-state index contributed by atoms with van der Waals surface area (Å²) in [5, 5.41) is 0. The lowest BCUT2D eigenvalue weighted by atomic mass is 11.8. The molecule has 0 aliphatic carbocycles. The molecular formula is CH9NO4S2. The largest absolute Gasteiger partial charge is 0.397 e. The van der Waals surface area contributed by atoms with Crippen LogP contribution < -0.4 is 6.15 Å². The zero-order chi connectivity index (χ0) is 5.21. The number of rotatable bonds is 1. The van der Waals surface area contributed by atoms with E-state index in [-0.39, 0.29) is 19.6 Å². The molecule has 0 saturated carbocycles. The number of hydrogen-bond acceptors (Lipinski definition) is 4. The van der Waals surface area contributed by atoms with E-state index in [9.17, 15) is 8.42 Å². The first-order chi connectivity index (χ1) is 2.56. The van der Waals surface area contributed by atoms with E-state index in [4.69, 9.17) is 4.55 Å². The molecule has 0 bridgehead atoms. The Balaban J connectivity index is -0.000000125. The maximum Gasteiger partial charge on any atom is 0.397 e. The highest BCUT2D eigenvalue weighted by Gasteiger charge is 1.93. The third-order valence-electron chi connectivity index (χ3n) is 0.211. The van der Waals surface area contributed by atoms with E-state index in [0.29, 0.717) is 0 Å². The fraction of sp³-hybridized carbons (Fsp3) is 1.00. The van der Waals surface area contributed by atoms with Gasteiger partial charge in [0.2, 0.25) is 0 Å². The van der Waals surface area contributed by atoms with E-state index in [1.54, 1.807) is 0 Å². The Hall–Kier alpha value is 0.180. The van der Waals surface area contributed by atoms with E-state index >= 15 is 0 Å². The molecule has 0 fully saturated rings. The van der Waals surface area contributed by atoms with Crippen LogP contribution in [0.25, 0.3) is 0 Å². The first-order valence-corrected chi connectivity index (χ1v) is 2.46. The van der Waals surface area contributed by atoms with Gasteiger partial charge in [-0.1, -0.05) is 0 Å². The molecule has 5 nitrogen and oxygen atoms in total. The highest BCUT2D eigenvalue weighted by Crippen LogP contribution is 1.74. The monoisotopic (exact) mass is 163 g/mol. The van der Waals surface area contributed by atoms with Crippen LogP contribution in [0.1, 0.15) is 0 Å². The van der Waals surface area contributed by atoms with Crippen LogP contribution in [0.3, 0.4) is 0 Å². The molecule has 4 N–H and O–H groups in total. The minimum Gasteiger partial charge on any atom is -0.344 e. The minimum absolute atomic E-state index is 0. The van der Waals surface area contributed by atoms with Gasteiger partial charge in [0.15, 0.2) is 0 Å². The van der Waals surface area contributed by atoms with Gasteiger partial charge in [0, 0.05) is 0 Å². The molecule has 0 saturated heterocycles. The molecule has 0 aliphatic heterocycles. The molecule has 0 aromatic carbocycles. The molecule has 0 aliphatic rings.